The molecule has 0 spiro atoms. The Morgan fingerprint density at radius 3 is 2.23 bits per heavy atom. The molecule has 0 fully saturated rings. The molecule has 0 radical (unpaired) electrons. The standard InChI is InChI=1S/C7H5ClF3NO/c8-4-1-3(12)2-5(13)6(4)7(9,10)11/h1-2,13H,12H2. The summed E-state index contributed by atoms with van der Waals surface area (Å²) in [6.45, 7) is 0. The third kappa shape index (κ3) is 1.98. The Balaban J connectivity index is 3.38. The Labute approximate surface area is 76.7 Å². The highest BCUT2D eigenvalue weighted by Crippen LogP contribution is 2.41. The highest BCUT2D eigenvalue weighted by atomic mass is 35.5. The number of nitrogens with two attached hydrogens (primary N) is 1. The Morgan fingerprint density at radius 2 is 1.85 bits per heavy atom. The van der Waals surface area contributed by atoms with E-state index in [0.717, 1.165) is 12.1 Å². The molecule has 0 atom stereocenters. The van der Waals surface area contributed by atoms with Gasteiger partial charge in [-0.05, 0) is 6.07 Å². The summed E-state index contributed by atoms with van der Waals surface area (Å²) in [6.07, 6.45) is -4.67. The van der Waals surface area contributed by atoms with E-state index in [1.165, 1.54) is 0 Å². The first-order valence-electron chi connectivity index (χ1n) is 3.17. The van der Waals surface area contributed by atoms with Gasteiger partial charge in [0, 0.05) is 11.8 Å². The average Bonchev–Trinajstić information content (AvgIpc) is 1.78. The fourth-order valence-electron chi connectivity index (χ4n) is 0.893. The number of rotatable bonds is 0. The molecule has 6 heteroatoms. The van der Waals surface area contributed by atoms with Crippen molar-refractivity contribution in [3.8, 4) is 5.75 Å². The summed E-state index contributed by atoms with van der Waals surface area (Å²) in [5, 5.41) is 8.32. The third-order valence-electron chi connectivity index (χ3n) is 1.38. The van der Waals surface area contributed by atoms with E-state index >= 15 is 0 Å². The molecule has 0 aliphatic carbocycles. The predicted octanol–water partition coefficient (Wildman–Crippen LogP) is 2.65. The monoisotopic (exact) mass is 211 g/mol. The van der Waals surface area contributed by atoms with Crippen LogP contribution in [-0.2, 0) is 6.18 Å². The van der Waals surface area contributed by atoms with Crippen LogP contribution in [0.15, 0.2) is 12.1 Å². The third-order valence-corrected chi connectivity index (χ3v) is 1.67. The summed E-state index contributed by atoms with van der Waals surface area (Å²) in [5.74, 6) is -0.961. The summed E-state index contributed by atoms with van der Waals surface area (Å²) in [4.78, 5) is 0. The summed E-state index contributed by atoms with van der Waals surface area (Å²) < 4.78 is 36.5. The maximum Gasteiger partial charge on any atom is 0.421 e. The molecule has 0 bridgehead atoms. The van der Waals surface area contributed by atoms with Crippen molar-refractivity contribution in [1.82, 2.24) is 0 Å². The Morgan fingerprint density at radius 1 is 1.31 bits per heavy atom. The van der Waals surface area contributed by atoms with Gasteiger partial charge in [0.1, 0.15) is 11.3 Å². The second-order valence-corrected chi connectivity index (χ2v) is 2.80. The highest BCUT2D eigenvalue weighted by molar-refractivity contribution is 6.32. The molecular weight excluding hydrogens is 207 g/mol. The van der Waals surface area contributed by atoms with Crippen LogP contribution in [0.1, 0.15) is 5.56 Å². The first-order valence-corrected chi connectivity index (χ1v) is 3.55. The van der Waals surface area contributed by atoms with E-state index in [2.05, 4.69) is 0 Å². The molecule has 2 nitrogen and oxygen atoms in total. The first kappa shape index (κ1) is 9.98. The summed E-state index contributed by atoms with van der Waals surface area (Å²) in [7, 11) is 0. The number of hydrogen-bond acceptors (Lipinski definition) is 2. The van der Waals surface area contributed by atoms with E-state index in [1.807, 2.05) is 0 Å². The van der Waals surface area contributed by atoms with E-state index in [0.29, 0.717) is 0 Å². The smallest absolute Gasteiger partial charge is 0.421 e. The van der Waals surface area contributed by atoms with Crippen molar-refractivity contribution in [3.05, 3.63) is 22.7 Å². The van der Waals surface area contributed by atoms with Crippen molar-refractivity contribution in [2.24, 2.45) is 0 Å². The van der Waals surface area contributed by atoms with Crippen LogP contribution in [0.5, 0.6) is 5.75 Å². The lowest BCUT2D eigenvalue weighted by Crippen LogP contribution is -2.06. The van der Waals surface area contributed by atoms with Crippen LogP contribution >= 0.6 is 11.6 Å². The second kappa shape index (κ2) is 2.99. The van der Waals surface area contributed by atoms with E-state index < -0.39 is 22.5 Å². The van der Waals surface area contributed by atoms with Crippen molar-refractivity contribution < 1.29 is 18.3 Å². The molecule has 0 aromatic heterocycles. The van der Waals surface area contributed by atoms with Gasteiger partial charge in [-0.15, -0.1) is 0 Å². The van der Waals surface area contributed by atoms with Crippen LogP contribution in [0.3, 0.4) is 0 Å². The molecule has 13 heavy (non-hydrogen) atoms. The minimum Gasteiger partial charge on any atom is -0.507 e. The minimum absolute atomic E-state index is 0.0181. The van der Waals surface area contributed by atoms with Gasteiger partial charge in [0.2, 0.25) is 0 Å². The zero-order valence-corrected chi connectivity index (χ0v) is 6.95. The highest BCUT2D eigenvalue weighted by Gasteiger charge is 2.36. The molecule has 0 aliphatic rings. The van der Waals surface area contributed by atoms with Crippen LogP contribution in [0.25, 0.3) is 0 Å². The van der Waals surface area contributed by atoms with Crippen LogP contribution in [0.2, 0.25) is 5.02 Å². The van der Waals surface area contributed by atoms with Gasteiger partial charge in [0.05, 0.1) is 5.02 Å². The van der Waals surface area contributed by atoms with Gasteiger partial charge in [-0.1, -0.05) is 11.6 Å². The molecule has 0 unspecified atom stereocenters. The van der Waals surface area contributed by atoms with E-state index in [-0.39, 0.29) is 5.69 Å². The summed E-state index contributed by atoms with van der Waals surface area (Å²) in [5.41, 5.74) is 3.88. The number of phenols is 1. The molecule has 0 saturated heterocycles. The van der Waals surface area contributed by atoms with E-state index in [9.17, 15) is 13.2 Å². The molecule has 0 saturated carbocycles. The van der Waals surface area contributed by atoms with Crippen molar-refractivity contribution in [1.29, 1.82) is 0 Å². The quantitative estimate of drug-likeness (QED) is 0.648. The van der Waals surface area contributed by atoms with Crippen LogP contribution in [0, 0.1) is 0 Å². The van der Waals surface area contributed by atoms with Crippen molar-refractivity contribution >= 4 is 17.3 Å². The Bertz CT molecular complexity index is 314. The number of benzene rings is 1. The van der Waals surface area contributed by atoms with Crippen LogP contribution in [0.4, 0.5) is 18.9 Å². The number of nitrogen functional groups attached to an aromatic ring is 1. The predicted molar refractivity (Wildman–Crippen MR) is 42.5 cm³/mol. The minimum atomic E-state index is -4.67. The van der Waals surface area contributed by atoms with Crippen molar-refractivity contribution in [3.63, 3.8) is 0 Å². The molecule has 3 N–H and O–H groups in total. The normalized spacial score (nSPS) is 11.7. The number of anilines is 1. The average molecular weight is 212 g/mol. The topological polar surface area (TPSA) is 46.2 Å². The lowest BCUT2D eigenvalue weighted by atomic mass is 10.2. The maximum absolute atomic E-state index is 12.2. The van der Waals surface area contributed by atoms with Gasteiger partial charge in [-0.25, -0.2) is 0 Å². The summed E-state index contributed by atoms with van der Waals surface area (Å²) in [6, 6.07) is 1.73. The lowest BCUT2D eigenvalue weighted by Gasteiger charge is -2.11. The Kier molecular flexibility index (Phi) is 2.30. The molecular formula is C7H5ClF3NO. The van der Waals surface area contributed by atoms with Gasteiger partial charge in [-0.2, -0.15) is 13.2 Å². The van der Waals surface area contributed by atoms with Crippen molar-refractivity contribution in [2.75, 3.05) is 5.73 Å². The second-order valence-electron chi connectivity index (χ2n) is 2.39. The van der Waals surface area contributed by atoms with Crippen LogP contribution in [-0.4, -0.2) is 5.11 Å². The summed E-state index contributed by atoms with van der Waals surface area (Å²) >= 11 is 5.26. The van der Waals surface area contributed by atoms with Crippen molar-refractivity contribution in [2.45, 2.75) is 6.18 Å². The van der Waals surface area contributed by atoms with Gasteiger partial charge in [0.15, 0.2) is 0 Å². The van der Waals surface area contributed by atoms with Gasteiger partial charge < -0.3 is 10.8 Å². The zero-order chi connectivity index (χ0) is 10.2. The Hall–Kier alpha value is -1.10. The fraction of sp³-hybridized carbons (Fsp3) is 0.143. The number of halogens is 4. The number of phenolic OH excluding ortho intramolecular Hbond substituents is 1. The van der Waals surface area contributed by atoms with Gasteiger partial charge in [-0.3, -0.25) is 0 Å². The molecule has 1 rings (SSSR count). The van der Waals surface area contributed by atoms with Crippen LogP contribution < -0.4 is 5.73 Å². The number of alkyl halides is 3. The molecule has 0 heterocycles. The maximum atomic E-state index is 12.2. The van der Waals surface area contributed by atoms with Gasteiger partial charge >= 0.3 is 6.18 Å². The number of hydrogen-bond donors (Lipinski definition) is 2. The largest absolute Gasteiger partial charge is 0.507 e. The molecule has 72 valence electrons. The molecule has 0 amide bonds. The molecule has 1 aromatic rings. The fourth-order valence-corrected chi connectivity index (χ4v) is 1.22. The zero-order valence-electron chi connectivity index (χ0n) is 6.19. The van der Waals surface area contributed by atoms with E-state index in [4.69, 9.17) is 22.4 Å². The number of aromatic hydroxyl groups is 1. The van der Waals surface area contributed by atoms with Gasteiger partial charge in [0.25, 0.3) is 0 Å². The molecule has 0 aliphatic heterocycles. The first-order chi connectivity index (χ1) is 5.82. The SMILES string of the molecule is Nc1cc(O)c(C(F)(F)F)c(Cl)c1. The lowest BCUT2D eigenvalue weighted by molar-refractivity contribution is -0.138. The molecule has 1 aromatic carbocycles. The van der Waals surface area contributed by atoms with E-state index in [1.54, 1.807) is 0 Å².